The predicted octanol–water partition coefficient (Wildman–Crippen LogP) is 1.79. The molecule has 0 saturated carbocycles. The molecule has 1 atom stereocenters. The van der Waals surface area contributed by atoms with Gasteiger partial charge in [0.25, 0.3) is 0 Å². The fourth-order valence-corrected chi connectivity index (χ4v) is 2.84. The number of aromatic nitrogens is 2. The number of rotatable bonds is 4. The van der Waals surface area contributed by atoms with E-state index < -0.39 is 0 Å². The van der Waals surface area contributed by atoms with E-state index in [1.807, 2.05) is 30.5 Å². The summed E-state index contributed by atoms with van der Waals surface area (Å²) in [6.45, 7) is 7.06. The molecule has 5 nitrogen and oxygen atoms in total. The van der Waals surface area contributed by atoms with Crippen LogP contribution in [0, 0.1) is 0 Å². The lowest BCUT2D eigenvalue weighted by Crippen LogP contribution is -2.53. The molecule has 1 fully saturated rings. The smallest absolute Gasteiger partial charge is 0.147 e. The number of anilines is 1. The monoisotopic (exact) mass is 286 g/mol. The van der Waals surface area contributed by atoms with Gasteiger partial charge in [-0.25, -0.2) is 4.98 Å². The van der Waals surface area contributed by atoms with Crippen LogP contribution in [-0.2, 0) is 4.74 Å². The summed E-state index contributed by atoms with van der Waals surface area (Å²) in [7, 11) is 1.76. The average molecular weight is 286 g/mol. The zero-order valence-electron chi connectivity index (χ0n) is 12.7. The first-order valence-corrected chi connectivity index (χ1v) is 7.47. The van der Waals surface area contributed by atoms with Gasteiger partial charge in [-0.05, 0) is 19.1 Å². The Morgan fingerprint density at radius 1 is 1.24 bits per heavy atom. The van der Waals surface area contributed by atoms with Gasteiger partial charge >= 0.3 is 0 Å². The van der Waals surface area contributed by atoms with E-state index in [1.165, 1.54) is 0 Å². The van der Waals surface area contributed by atoms with Crippen molar-refractivity contribution >= 4 is 16.9 Å². The van der Waals surface area contributed by atoms with Gasteiger partial charge in [0.15, 0.2) is 0 Å². The fraction of sp³-hybridized carbons (Fsp3) is 0.500. The van der Waals surface area contributed by atoms with Gasteiger partial charge in [-0.1, -0.05) is 12.1 Å². The van der Waals surface area contributed by atoms with Crippen LogP contribution < -0.4 is 4.90 Å². The third kappa shape index (κ3) is 3.14. The van der Waals surface area contributed by atoms with E-state index in [-0.39, 0.29) is 0 Å². The van der Waals surface area contributed by atoms with Crippen molar-refractivity contribution in [3.05, 3.63) is 30.5 Å². The molecule has 1 aliphatic rings. The molecule has 112 valence electrons. The van der Waals surface area contributed by atoms with E-state index in [4.69, 9.17) is 9.72 Å². The highest BCUT2D eigenvalue weighted by Gasteiger charge is 2.24. The van der Waals surface area contributed by atoms with E-state index in [9.17, 15) is 0 Å². The Balaban J connectivity index is 1.72. The molecule has 5 heteroatoms. The standard InChI is InChI=1S/C16H22N4O/c1-13-12-20(8-7-19(13)9-10-21-2)16-11-17-14-5-3-4-6-15(14)18-16/h3-6,11,13H,7-10,12H2,1-2H3/t13-/m1/s1. The molecule has 1 aromatic heterocycles. The van der Waals surface area contributed by atoms with Crippen LogP contribution in [0.25, 0.3) is 11.0 Å². The number of para-hydroxylation sites is 2. The molecule has 0 N–H and O–H groups in total. The summed E-state index contributed by atoms with van der Waals surface area (Å²) >= 11 is 0. The summed E-state index contributed by atoms with van der Waals surface area (Å²) in [6.07, 6.45) is 1.89. The van der Waals surface area contributed by atoms with Gasteiger partial charge in [0.2, 0.25) is 0 Å². The van der Waals surface area contributed by atoms with Crippen molar-refractivity contribution < 1.29 is 4.74 Å². The van der Waals surface area contributed by atoms with Crippen LogP contribution in [0.15, 0.2) is 30.5 Å². The Morgan fingerprint density at radius 3 is 2.81 bits per heavy atom. The Morgan fingerprint density at radius 2 is 2.05 bits per heavy atom. The molecule has 1 saturated heterocycles. The van der Waals surface area contributed by atoms with Gasteiger partial charge < -0.3 is 9.64 Å². The minimum absolute atomic E-state index is 0.502. The number of fused-ring (bicyclic) bond motifs is 1. The molecular weight excluding hydrogens is 264 g/mol. The van der Waals surface area contributed by atoms with Crippen molar-refractivity contribution in [3.63, 3.8) is 0 Å². The van der Waals surface area contributed by atoms with Crippen LogP contribution in [-0.4, -0.2) is 60.8 Å². The lowest BCUT2D eigenvalue weighted by molar-refractivity contribution is 0.117. The third-order valence-electron chi connectivity index (χ3n) is 4.11. The summed E-state index contributed by atoms with van der Waals surface area (Å²) in [6, 6.07) is 8.52. The summed E-state index contributed by atoms with van der Waals surface area (Å²) < 4.78 is 5.17. The maximum Gasteiger partial charge on any atom is 0.147 e. The first-order chi connectivity index (χ1) is 10.3. The molecule has 0 amide bonds. The Kier molecular flexibility index (Phi) is 4.31. The maximum absolute atomic E-state index is 5.17. The van der Waals surface area contributed by atoms with Crippen LogP contribution in [0.1, 0.15) is 6.92 Å². The van der Waals surface area contributed by atoms with Crippen LogP contribution in [0.3, 0.4) is 0 Å². The topological polar surface area (TPSA) is 41.5 Å². The van der Waals surface area contributed by atoms with Crippen LogP contribution in [0.2, 0.25) is 0 Å². The van der Waals surface area contributed by atoms with Gasteiger partial charge in [0.1, 0.15) is 5.82 Å². The molecule has 1 aromatic carbocycles. The molecule has 0 aliphatic carbocycles. The summed E-state index contributed by atoms with van der Waals surface area (Å²) in [5, 5.41) is 0. The van der Waals surface area contributed by atoms with E-state index in [1.54, 1.807) is 7.11 Å². The second kappa shape index (κ2) is 6.37. The molecule has 2 aromatic rings. The molecule has 0 radical (unpaired) electrons. The summed E-state index contributed by atoms with van der Waals surface area (Å²) in [5.74, 6) is 0.979. The molecular formula is C16H22N4O. The normalized spacial score (nSPS) is 20.1. The van der Waals surface area contributed by atoms with Crippen molar-refractivity contribution in [1.82, 2.24) is 14.9 Å². The fourth-order valence-electron chi connectivity index (χ4n) is 2.84. The number of benzene rings is 1. The number of hydrogen-bond donors (Lipinski definition) is 0. The number of piperazine rings is 1. The highest BCUT2D eigenvalue weighted by atomic mass is 16.5. The summed E-state index contributed by atoms with van der Waals surface area (Å²) in [4.78, 5) is 14.0. The zero-order valence-corrected chi connectivity index (χ0v) is 12.7. The van der Waals surface area contributed by atoms with Gasteiger partial charge in [0.05, 0.1) is 23.8 Å². The molecule has 0 bridgehead atoms. The minimum atomic E-state index is 0.502. The highest BCUT2D eigenvalue weighted by molar-refractivity contribution is 5.75. The molecule has 3 rings (SSSR count). The molecule has 1 aliphatic heterocycles. The number of hydrogen-bond acceptors (Lipinski definition) is 5. The third-order valence-corrected chi connectivity index (χ3v) is 4.11. The molecule has 21 heavy (non-hydrogen) atoms. The Bertz CT molecular complexity index is 604. The number of nitrogens with zero attached hydrogens (tertiary/aromatic N) is 4. The zero-order chi connectivity index (χ0) is 14.7. The number of methoxy groups -OCH3 is 1. The second-order valence-corrected chi connectivity index (χ2v) is 5.54. The van der Waals surface area contributed by atoms with E-state index in [2.05, 4.69) is 21.7 Å². The van der Waals surface area contributed by atoms with E-state index >= 15 is 0 Å². The molecule has 2 heterocycles. The SMILES string of the molecule is COCCN1CCN(c2cnc3ccccc3n2)C[C@H]1C. The first kappa shape index (κ1) is 14.2. The van der Waals surface area contributed by atoms with Crippen LogP contribution >= 0.6 is 0 Å². The van der Waals surface area contributed by atoms with Crippen molar-refractivity contribution in [2.45, 2.75) is 13.0 Å². The number of ether oxygens (including phenoxy) is 1. The highest BCUT2D eigenvalue weighted by Crippen LogP contribution is 2.19. The first-order valence-electron chi connectivity index (χ1n) is 7.47. The van der Waals surface area contributed by atoms with Crippen LogP contribution in [0.5, 0.6) is 0 Å². The van der Waals surface area contributed by atoms with E-state index in [0.29, 0.717) is 6.04 Å². The predicted molar refractivity (Wildman–Crippen MR) is 84.7 cm³/mol. The van der Waals surface area contributed by atoms with Gasteiger partial charge in [-0.2, -0.15) is 0 Å². The summed E-state index contributed by atoms with van der Waals surface area (Å²) in [5.41, 5.74) is 1.91. The van der Waals surface area contributed by atoms with Crippen LogP contribution in [0.4, 0.5) is 5.82 Å². The van der Waals surface area contributed by atoms with Crippen molar-refractivity contribution in [3.8, 4) is 0 Å². The quantitative estimate of drug-likeness (QED) is 0.857. The maximum atomic E-state index is 5.17. The largest absolute Gasteiger partial charge is 0.383 e. The average Bonchev–Trinajstić information content (AvgIpc) is 2.53. The molecule has 0 spiro atoms. The lowest BCUT2D eigenvalue weighted by Gasteiger charge is -2.40. The van der Waals surface area contributed by atoms with Gasteiger partial charge in [-0.15, -0.1) is 0 Å². The minimum Gasteiger partial charge on any atom is -0.383 e. The van der Waals surface area contributed by atoms with Crippen molar-refractivity contribution in [2.75, 3.05) is 44.8 Å². The van der Waals surface area contributed by atoms with Gasteiger partial charge in [0, 0.05) is 39.3 Å². The van der Waals surface area contributed by atoms with Crippen molar-refractivity contribution in [2.24, 2.45) is 0 Å². The van der Waals surface area contributed by atoms with E-state index in [0.717, 1.165) is 49.6 Å². The van der Waals surface area contributed by atoms with Gasteiger partial charge in [-0.3, -0.25) is 9.88 Å². The lowest BCUT2D eigenvalue weighted by atomic mass is 10.2. The Hall–Kier alpha value is -1.72. The Labute approximate surface area is 125 Å². The van der Waals surface area contributed by atoms with Crippen molar-refractivity contribution in [1.29, 1.82) is 0 Å². The second-order valence-electron chi connectivity index (χ2n) is 5.54. The molecule has 0 unspecified atom stereocenters.